The van der Waals surface area contributed by atoms with E-state index < -0.39 is 44.0 Å². The Bertz CT molecular complexity index is 1470. The summed E-state index contributed by atoms with van der Waals surface area (Å²) in [7, 11) is -0.912. The number of aliphatic hydroxyl groups is 1. The zero-order chi connectivity index (χ0) is 32.2. The van der Waals surface area contributed by atoms with Gasteiger partial charge in [0, 0.05) is 20.1 Å². The maximum atomic E-state index is 13.6. The zero-order valence-corrected chi connectivity index (χ0v) is 27.2. The van der Waals surface area contributed by atoms with Gasteiger partial charge in [-0.1, -0.05) is 121 Å². The molecule has 46 heavy (non-hydrogen) atoms. The van der Waals surface area contributed by atoms with Gasteiger partial charge in [0.15, 0.2) is 0 Å². The van der Waals surface area contributed by atoms with Crippen molar-refractivity contribution >= 4 is 7.60 Å². The summed E-state index contributed by atoms with van der Waals surface area (Å²) in [6.45, 7) is 1.00. The molecule has 4 aromatic carbocycles. The summed E-state index contributed by atoms with van der Waals surface area (Å²) in [4.78, 5) is 0. The predicted octanol–water partition coefficient (Wildman–Crippen LogP) is 6.80. The van der Waals surface area contributed by atoms with Crippen molar-refractivity contribution in [2.24, 2.45) is 5.92 Å². The van der Waals surface area contributed by atoms with Crippen molar-refractivity contribution in [2.45, 2.75) is 56.9 Å². The van der Waals surface area contributed by atoms with Crippen LogP contribution in [0, 0.1) is 5.92 Å². The fourth-order valence-corrected chi connectivity index (χ4v) is 7.19. The highest BCUT2D eigenvalue weighted by molar-refractivity contribution is 7.53. The molecule has 0 heterocycles. The van der Waals surface area contributed by atoms with Gasteiger partial charge in [0.1, 0.15) is 18.3 Å². The molecular formula is C37H43O8P. The molecule has 1 N–H and O–H groups in total. The summed E-state index contributed by atoms with van der Waals surface area (Å²) in [6.07, 6.45) is -4.33. The van der Waals surface area contributed by atoms with Gasteiger partial charge in [-0.15, -0.1) is 0 Å². The molecule has 9 heteroatoms. The molecule has 5 rings (SSSR count). The maximum absolute atomic E-state index is 13.6. The van der Waals surface area contributed by atoms with Gasteiger partial charge in [-0.05, 0) is 22.3 Å². The van der Waals surface area contributed by atoms with Gasteiger partial charge in [-0.25, -0.2) is 0 Å². The van der Waals surface area contributed by atoms with Gasteiger partial charge in [-0.3, -0.25) is 4.57 Å². The van der Waals surface area contributed by atoms with E-state index in [1.54, 1.807) is 0 Å². The fourth-order valence-electron chi connectivity index (χ4n) is 5.80. The Morgan fingerprint density at radius 1 is 0.500 bits per heavy atom. The molecule has 0 unspecified atom stereocenters. The van der Waals surface area contributed by atoms with Crippen molar-refractivity contribution in [1.82, 2.24) is 0 Å². The molecule has 1 aliphatic rings. The first-order valence-electron chi connectivity index (χ1n) is 15.5. The van der Waals surface area contributed by atoms with Gasteiger partial charge < -0.3 is 33.1 Å². The summed E-state index contributed by atoms with van der Waals surface area (Å²) in [5, 5.41) is 12.1. The van der Waals surface area contributed by atoms with Gasteiger partial charge in [0.05, 0.1) is 44.8 Å². The topological polar surface area (TPSA) is 92.7 Å². The van der Waals surface area contributed by atoms with Crippen molar-refractivity contribution in [2.75, 3.05) is 20.4 Å². The Morgan fingerprint density at radius 3 is 1.15 bits per heavy atom. The second kappa shape index (κ2) is 17.1. The largest absolute Gasteiger partial charge is 0.390 e. The van der Waals surface area contributed by atoms with Crippen LogP contribution in [0.1, 0.15) is 22.3 Å². The second-order valence-electron chi connectivity index (χ2n) is 11.4. The number of rotatable bonds is 16. The van der Waals surface area contributed by atoms with E-state index in [1.165, 1.54) is 14.2 Å². The van der Waals surface area contributed by atoms with E-state index in [0.717, 1.165) is 22.3 Å². The Kier molecular flexibility index (Phi) is 12.7. The van der Waals surface area contributed by atoms with E-state index in [1.807, 2.05) is 121 Å². The maximum Gasteiger partial charge on any atom is 0.330 e. The highest BCUT2D eigenvalue weighted by Crippen LogP contribution is 2.51. The number of aliphatic hydroxyl groups excluding tert-OH is 1. The van der Waals surface area contributed by atoms with Gasteiger partial charge >= 0.3 is 7.60 Å². The summed E-state index contributed by atoms with van der Waals surface area (Å²) in [5.41, 5.74) is 3.82. The Morgan fingerprint density at radius 2 is 0.804 bits per heavy atom. The van der Waals surface area contributed by atoms with Crippen molar-refractivity contribution < 1.29 is 37.7 Å². The molecular weight excluding hydrogens is 603 g/mol. The quantitative estimate of drug-likeness (QED) is 0.133. The Labute approximate surface area is 271 Å². The highest BCUT2D eigenvalue weighted by atomic mass is 31.2. The number of hydrogen-bond acceptors (Lipinski definition) is 8. The van der Waals surface area contributed by atoms with E-state index in [9.17, 15) is 9.67 Å². The Balaban J connectivity index is 1.53. The van der Waals surface area contributed by atoms with Crippen LogP contribution in [-0.4, -0.2) is 56.0 Å². The third kappa shape index (κ3) is 9.22. The van der Waals surface area contributed by atoms with Crippen molar-refractivity contribution in [3.05, 3.63) is 144 Å². The second-order valence-corrected chi connectivity index (χ2v) is 13.7. The lowest BCUT2D eigenvalue weighted by Crippen LogP contribution is -2.64. The average Bonchev–Trinajstić information content (AvgIpc) is 3.11. The SMILES string of the molecule is COP(=O)(C[C@H]1[C@H](O)[C@H](OCc2ccccc2)[C@@H](OCc2ccccc2)[C@H](OCc2ccccc2)[C@H]1OCc1ccccc1)OC. The van der Waals surface area contributed by atoms with Crippen LogP contribution in [0.4, 0.5) is 0 Å². The van der Waals surface area contributed by atoms with Gasteiger partial charge in [0.2, 0.25) is 0 Å². The fraction of sp³-hybridized carbons (Fsp3) is 0.351. The lowest BCUT2D eigenvalue weighted by atomic mass is 9.78. The van der Waals surface area contributed by atoms with E-state index >= 15 is 0 Å². The van der Waals surface area contributed by atoms with Crippen LogP contribution in [0.15, 0.2) is 121 Å². The van der Waals surface area contributed by atoms with Crippen LogP contribution in [0.2, 0.25) is 0 Å². The minimum absolute atomic E-state index is 0.109. The van der Waals surface area contributed by atoms with Crippen LogP contribution in [0.3, 0.4) is 0 Å². The molecule has 0 bridgehead atoms. The van der Waals surface area contributed by atoms with Crippen LogP contribution in [0.25, 0.3) is 0 Å². The molecule has 8 nitrogen and oxygen atoms in total. The van der Waals surface area contributed by atoms with Crippen LogP contribution < -0.4 is 0 Å². The molecule has 0 amide bonds. The van der Waals surface area contributed by atoms with E-state index in [2.05, 4.69) is 0 Å². The first-order valence-corrected chi connectivity index (χ1v) is 17.2. The molecule has 1 fully saturated rings. The van der Waals surface area contributed by atoms with E-state index in [0.29, 0.717) is 0 Å². The molecule has 0 aromatic heterocycles. The van der Waals surface area contributed by atoms with Crippen molar-refractivity contribution in [3.8, 4) is 0 Å². The normalized spacial score (nSPS) is 23.3. The third-order valence-corrected chi connectivity index (χ3v) is 10.3. The summed E-state index contributed by atoms with van der Waals surface area (Å²) < 4.78 is 50.8. The van der Waals surface area contributed by atoms with E-state index in [-0.39, 0.29) is 32.6 Å². The number of ether oxygens (including phenoxy) is 4. The van der Waals surface area contributed by atoms with Crippen molar-refractivity contribution in [1.29, 1.82) is 0 Å². The standard InChI is InChI=1S/C37H43O8P/c1-40-46(39,41-2)27-32-33(38)35(43-24-29-17-9-4-10-18-29)37(45-26-31-21-13-6-14-22-31)36(44-25-30-19-11-5-12-20-30)34(32)42-23-28-15-7-3-8-16-28/h3-22,32-38H,23-27H2,1-2H3/t32-,33-,34-,35-,36+,37+/m0/s1. The first kappa shape index (κ1) is 34.2. The smallest absolute Gasteiger partial charge is 0.330 e. The number of hydrogen-bond donors (Lipinski definition) is 1. The predicted molar refractivity (Wildman–Crippen MR) is 176 cm³/mol. The van der Waals surface area contributed by atoms with Gasteiger partial charge in [0.25, 0.3) is 0 Å². The molecule has 1 aliphatic carbocycles. The van der Waals surface area contributed by atoms with E-state index in [4.69, 9.17) is 28.0 Å². The third-order valence-electron chi connectivity index (χ3n) is 8.30. The Hall–Kier alpha value is -3.17. The molecule has 6 atom stereocenters. The monoisotopic (exact) mass is 646 g/mol. The van der Waals surface area contributed by atoms with Gasteiger partial charge in [-0.2, -0.15) is 0 Å². The van der Waals surface area contributed by atoms with Crippen LogP contribution in [0.5, 0.6) is 0 Å². The van der Waals surface area contributed by atoms with Crippen LogP contribution >= 0.6 is 7.60 Å². The van der Waals surface area contributed by atoms with Crippen molar-refractivity contribution in [3.63, 3.8) is 0 Å². The summed E-state index contributed by atoms with van der Waals surface area (Å²) >= 11 is 0. The molecule has 0 saturated heterocycles. The molecule has 244 valence electrons. The molecule has 1 saturated carbocycles. The van der Waals surface area contributed by atoms with Crippen LogP contribution in [-0.2, 0) is 59.0 Å². The minimum atomic E-state index is -3.60. The summed E-state index contributed by atoms with van der Waals surface area (Å²) in [5.74, 6) is -0.743. The summed E-state index contributed by atoms with van der Waals surface area (Å²) in [6, 6.07) is 39.2. The molecule has 0 spiro atoms. The first-order chi connectivity index (χ1) is 22.5. The lowest BCUT2D eigenvalue weighted by Gasteiger charge is -2.49. The minimum Gasteiger partial charge on any atom is -0.390 e. The molecule has 4 aromatic rings. The molecule has 0 aliphatic heterocycles. The lowest BCUT2D eigenvalue weighted by molar-refractivity contribution is -0.258. The average molecular weight is 647 g/mol. The number of benzene rings is 4. The highest BCUT2D eigenvalue weighted by Gasteiger charge is 2.55. The zero-order valence-electron chi connectivity index (χ0n) is 26.3. The molecule has 0 radical (unpaired) electrons.